The Kier molecular flexibility index (Phi) is 4.94. The van der Waals surface area contributed by atoms with Crippen molar-refractivity contribution < 1.29 is 27.5 Å². The highest BCUT2D eigenvalue weighted by molar-refractivity contribution is 7.92. The van der Waals surface area contributed by atoms with E-state index < -0.39 is 33.8 Å². The third kappa shape index (κ3) is 3.28. The van der Waals surface area contributed by atoms with E-state index in [0.29, 0.717) is 6.54 Å². The molecule has 9 nitrogen and oxygen atoms in total. The minimum absolute atomic E-state index is 0.000131. The molecule has 156 valence electrons. The number of sulfonamides is 1. The third-order valence-corrected chi connectivity index (χ3v) is 6.65. The number of hydrogen-bond donors (Lipinski definition) is 2. The average molecular weight is 429 g/mol. The number of benzene rings is 2. The van der Waals surface area contributed by atoms with E-state index in [1.54, 1.807) is 24.3 Å². The highest BCUT2D eigenvalue weighted by atomic mass is 32.2. The number of amides is 3. The van der Waals surface area contributed by atoms with Gasteiger partial charge in [0.2, 0.25) is 0 Å². The van der Waals surface area contributed by atoms with Crippen molar-refractivity contribution in [3.63, 3.8) is 0 Å². The number of carbonyl (C=O) groups excluding carboxylic acids is 3. The van der Waals surface area contributed by atoms with Gasteiger partial charge in [0, 0.05) is 6.54 Å². The molecule has 0 fully saturated rings. The van der Waals surface area contributed by atoms with Crippen molar-refractivity contribution in [2.24, 2.45) is 0 Å². The van der Waals surface area contributed by atoms with Crippen LogP contribution in [-0.2, 0) is 14.8 Å². The Balaban J connectivity index is 1.74. The molecule has 4 rings (SSSR count). The first-order chi connectivity index (χ1) is 14.3. The van der Waals surface area contributed by atoms with Crippen LogP contribution in [-0.4, -0.2) is 45.3 Å². The molecule has 2 aliphatic rings. The molecule has 0 radical (unpaired) electrons. The van der Waals surface area contributed by atoms with Gasteiger partial charge in [0.25, 0.3) is 27.7 Å². The number of para-hydroxylation sites is 2. The largest absolute Gasteiger partial charge is 0.476 e. The van der Waals surface area contributed by atoms with Crippen molar-refractivity contribution in [2.75, 3.05) is 17.4 Å². The summed E-state index contributed by atoms with van der Waals surface area (Å²) in [5.74, 6) is -1.36. The Morgan fingerprint density at radius 3 is 2.67 bits per heavy atom. The van der Waals surface area contributed by atoms with Crippen LogP contribution in [0.25, 0.3) is 0 Å². The summed E-state index contributed by atoms with van der Waals surface area (Å²) in [7, 11) is -4.14. The monoisotopic (exact) mass is 429 g/mol. The van der Waals surface area contributed by atoms with Crippen molar-refractivity contribution in [1.82, 2.24) is 10.6 Å². The van der Waals surface area contributed by atoms with Gasteiger partial charge in [-0.05, 0) is 36.8 Å². The van der Waals surface area contributed by atoms with Gasteiger partial charge >= 0.3 is 0 Å². The van der Waals surface area contributed by atoms with Crippen LogP contribution < -0.4 is 19.7 Å². The minimum atomic E-state index is -4.14. The lowest BCUT2D eigenvalue weighted by atomic mass is 10.1. The fourth-order valence-electron chi connectivity index (χ4n) is 3.36. The van der Waals surface area contributed by atoms with Gasteiger partial charge in [0.1, 0.15) is 5.75 Å². The van der Waals surface area contributed by atoms with E-state index in [-0.39, 0.29) is 34.0 Å². The fraction of sp³-hybridized carbons (Fsp3) is 0.250. The van der Waals surface area contributed by atoms with E-state index in [1.807, 2.05) is 6.92 Å². The molecule has 0 spiro atoms. The topological polar surface area (TPSA) is 122 Å². The van der Waals surface area contributed by atoms with Gasteiger partial charge in [-0.1, -0.05) is 19.1 Å². The first kappa shape index (κ1) is 19.9. The van der Waals surface area contributed by atoms with Crippen LogP contribution in [0.5, 0.6) is 5.75 Å². The van der Waals surface area contributed by atoms with E-state index in [0.717, 1.165) is 10.7 Å². The Labute approximate surface area is 173 Å². The smallest absolute Gasteiger partial charge is 0.264 e. The van der Waals surface area contributed by atoms with E-state index in [9.17, 15) is 22.8 Å². The zero-order valence-corrected chi connectivity index (χ0v) is 16.9. The second-order valence-corrected chi connectivity index (χ2v) is 8.75. The molecule has 1 unspecified atom stereocenters. The maximum Gasteiger partial charge on any atom is 0.264 e. The second-order valence-electron chi connectivity index (χ2n) is 6.89. The molecule has 0 bridgehead atoms. The minimum Gasteiger partial charge on any atom is -0.476 e. The summed E-state index contributed by atoms with van der Waals surface area (Å²) in [4.78, 5) is 36.0. The van der Waals surface area contributed by atoms with E-state index in [4.69, 9.17) is 4.74 Å². The summed E-state index contributed by atoms with van der Waals surface area (Å²) in [5.41, 5.74) is 0.413. The SMILES string of the molecule is CCCNC(=O)C1CN(S(=O)(=O)c2ccc3c(c2)C(=O)NC3=O)c2ccccc2O1. The highest BCUT2D eigenvalue weighted by Gasteiger charge is 2.38. The van der Waals surface area contributed by atoms with Crippen LogP contribution >= 0.6 is 0 Å². The molecule has 2 aromatic rings. The van der Waals surface area contributed by atoms with E-state index in [2.05, 4.69) is 10.6 Å². The molecule has 2 N–H and O–H groups in total. The Morgan fingerprint density at radius 1 is 1.17 bits per heavy atom. The van der Waals surface area contributed by atoms with Gasteiger partial charge in [-0.15, -0.1) is 0 Å². The number of hydrogen-bond acceptors (Lipinski definition) is 6. The first-order valence-electron chi connectivity index (χ1n) is 9.39. The predicted molar refractivity (Wildman–Crippen MR) is 107 cm³/mol. The highest BCUT2D eigenvalue weighted by Crippen LogP contribution is 2.37. The van der Waals surface area contributed by atoms with Crippen molar-refractivity contribution >= 4 is 33.4 Å². The summed E-state index contributed by atoms with van der Waals surface area (Å²) in [6.07, 6.45) is -0.298. The predicted octanol–water partition coefficient (Wildman–Crippen LogP) is 1.05. The molecule has 0 aromatic heterocycles. The first-order valence-corrected chi connectivity index (χ1v) is 10.8. The van der Waals surface area contributed by atoms with Gasteiger partial charge in [-0.3, -0.25) is 24.0 Å². The molecule has 1 atom stereocenters. The number of ether oxygens (including phenoxy) is 1. The molecule has 2 aromatic carbocycles. The molecular formula is C20H19N3O6S. The Hall–Kier alpha value is -3.40. The number of anilines is 1. The van der Waals surface area contributed by atoms with Crippen LogP contribution in [0.2, 0.25) is 0 Å². The maximum absolute atomic E-state index is 13.4. The number of carbonyl (C=O) groups is 3. The van der Waals surface area contributed by atoms with Gasteiger partial charge in [0.15, 0.2) is 6.10 Å². The van der Waals surface area contributed by atoms with Crippen LogP contribution in [0, 0.1) is 0 Å². The van der Waals surface area contributed by atoms with Gasteiger partial charge < -0.3 is 10.1 Å². The summed E-state index contributed by atoms with van der Waals surface area (Å²) < 4.78 is 33.7. The molecule has 2 heterocycles. The van der Waals surface area contributed by atoms with Crippen LogP contribution in [0.15, 0.2) is 47.4 Å². The lowest BCUT2D eigenvalue weighted by molar-refractivity contribution is -0.127. The quantitative estimate of drug-likeness (QED) is 0.686. The third-order valence-electron chi connectivity index (χ3n) is 4.87. The van der Waals surface area contributed by atoms with Crippen molar-refractivity contribution in [2.45, 2.75) is 24.3 Å². The lowest BCUT2D eigenvalue weighted by Crippen LogP contribution is -2.50. The number of nitrogens with zero attached hydrogens (tertiary/aromatic N) is 1. The van der Waals surface area contributed by atoms with Crippen LogP contribution in [0.3, 0.4) is 0 Å². The zero-order chi connectivity index (χ0) is 21.5. The molecule has 10 heteroatoms. The van der Waals surface area contributed by atoms with Gasteiger partial charge in [-0.25, -0.2) is 8.42 Å². The molecular weight excluding hydrogens is 410 g/mol. The number of imide groups is 1. The molecule has 0 saturated carbocycles. The molecule has 0 aliphatic carbocycles. The van der Waals surface area contributed by atoms with Gasteiger partial charge in [-0.2, -0.15) is 0 Å². The number of nitrogens with one attached hydrogen (secondary N) is 2. The van der Waals surface area contributed by atoms with Crippen LogP contribution in [0.1, 0.15) is 34.1 Å². The molecule has 0 saturated heterocycles. The second kappa shape index (κ2) is 7.45. The Morgan fingerprint density at radius 2 is 1.90 bits per heavy atom. The van der Waals surface area contributed by atoms with Crippen molar-refractivity contribution in [3.05, 3.63) is 53.6 Å². The fourth-order valence-corrected chi connectivity index (χ4v) is 4.87. The number of fused-ring (bicyclic) bond motifs is 2. The number of rotatable bonds is 5. The molecule has 2 aliphatic heterocycles. The summed E-state index contributed by atoms with van der Waals surface area (Å²) >= 11 is 0. The normalized spacial score (nSPS) is 17.6. The average Bonchev–Trinajstić information content (AvgIpc) is 3.04. The summed E-state index contributed by atoms with van der Waals surface area (Å²) in [5, 5.41) is 4.85. The van der Waals surface area contributed by atoms with Crippen LogP contribution in [0.4, 0.5) is 5.69 Å². The van der Waals surface area contributed by atoms with Crippen molar-refractivity contribution in [3.8, 4) is 5.75 Å². The molecule has 30 heavy (non-hydrogen) atoms. The summed E-state index contributed by atoms with van der Waals surface area (Å²) in [6.45, 7) is 2.13. The zero-order valence-electron chi connectivity index (χ0n) is 16.0. The summed E-state index contributed by atoms with van der Waals surface area (Å²) in [6, 6.07) is 10.3. The Bertz CT molecular complexity index is 1160. The van der Waals surface area contributed by atoms with E-state index in [1.165, 1.54) is 18.2 Å². The van der Waals surface area contributed by atoms with E-state index >= 15 is 0 Å². The maximum atomic E-state index is 13.4. The molecule has 3 amide bonds. The standard InChI is InChI=1S/C20H19N3O6S/c1-2-9-21-20(26)17-11-23(15-5-3-4-6-16(15)29-17)30(27,28)12-7-8-13-14(10-12)19(25)22-18(13)24/h3-8,10,17H,2,9,11H2,1H3,(H,21,26)(H,22,24,25). The lowest BCUT2D eigenvalue weighted by Gasteiger charge is -2.34. The van der Waals surface area contributed by atoms with Crippen molar-refractivity contribution in [1.29, 1.82) is 0 Å². The van der Waals surface area contributed by atoms with Gasteiger partial charge in [0.05, 0.1) is 28.3 Å².